The van der Waals surface area contributed by atoms with E-state index in [4.69, 9.17) is 0 Å². The van der Waals surface area contributed by atoms with E-state index in [9.17, 15) is 41.0 Å². The summed E-state index contributed by atoms with van der Waals surface area (Å²) < 4.78 is 83.3. The standard InChI is InChI=1S/C27H32F6N4O3.ClH/c28-26(29,30)20-10-4-3-9-19(20)22-16-21(35-37(22)18-7-1-2-8-18)25(40)34-17(15-24(38)39)12-14-36-13-6-5-11-23(36)27(31,32)33;/h3-4,9-10,16-18,23H,1-2,5-8,11-15H2,(H,34,40)(H,38,39);1H. The van der Waals surface area contributed by atoms with Gasteiger partial charge in [0.2, 0.25) is 0 Å². The molecule has 228 valence electrons. The number of halogens is 7. The SMILES string of the molecule is Cl.O=C(O)CC(CCN1CCCCC1C(F)(F)F)NC(=O)c1cc(-c2ccccc2C(F)(F)F)n(C2CCCC2)n1. The predicted octanol–water partition coefficient (Wildman–Crippen LogP) is 6.49. The molecule has 1 amide bonds. The van der Waals surface area contributed by atoms with E-state index in [0.717, 1.165) is 18.9 Å². The molecule has 2 N–H and O–H groups in total. The second kappa shape index (κ2) is 13.5. The summed E-state index contributed by atoms with van der Waals surface area (Å²) in [5.41, 5.74) is -1.05. The van der Waals surface area contributed by atoms with Crippen molar-refractivity contribution in [2.45, 2.75) is 88.3 Å². The molecule has 7 nitrogen and oxygen atoms in total. The van der Waals surface area contributed by atoms with E-state index in [2.05, 4.69) is 10.4 Å². The van der Waals surface area contributed by atoms with Gasteiger partial charge in [-0.3, -0.25) is 19.2 Å². The average molecular weight is 611 g/mol. The van der Waals surface area contributed by atoms with E-state index in [1.807, 2.05) is 0 Å². The fourth-order valence-electron chi connectivity index (χ4n) is 5.73. The number of nitrogens with zero attached hydrogens (tertiary/aromatic N) is 3. The van der Waals surface area contributed by atoms with E-state index in [1.54, 1.807) is 0 Å². The van der Waals surface area contributed by atoms with Gasteiger partial charge >= 0.3 is 18.3 Å². The number of carbonyl (C=O) groups is 2. The number of aromatic nitrogens is 2. The van der Waals surface area contributed by atoms with E-state index in [-0.39, 0.29) is 61.3 Å². The number of carboxylic acid groups (broad SMARTS) is 1. The van der Waals surface area contributed by atoms with Gasteiger partial charge in [-0.25, -0.2) is 0 Å². The summed E-state index contributed by atoms with van der Waals surface area (Å²) >= 11 is 0. The minimum Gasteiger partial charge on any atom is -0.481 e. The highest BCUT2D eigenvalue weighted by Crippen LogP contribution is 2.40. The molecule has 1 aliphatic carbocycles. The van der Waals surface area contributed by atoms with Gasteiger partial charge in [-0.2, -0.15) is 31.4 Å². The third kappa shape index (κ3) is 8.15. The Morgan fingerprint density at radius 1 is 1.02 bits per heavy atom. The third-order valence-corrected chi connectivity index (χ3v) is 7.66. The fourth-order valence-corrected chi connectivity index (χ4v) is 5.73. The molecule has 2 aromatic rings. The highest BCUT2D eigenvalue weighted by Gasteiger charge is 2.44. The summed E-state index contributed by atoms with van der Waals surface area (Å²) in [4.78, 5) is 26.0. The number of aliphatic carboxylic acids is 1. The van der Waals surface area contributed by atoms with Gasteiger partial charge in [0.1, 0.15) is 6.04 Å². The van der Waals surface area contributed by atoms with Gasteiger partial charge in [-0.15, -0.1) is 12.4 Å². The molecule has 1 saturated heterocycles. The third-order valence-electron chi connectivity index (χ3n) is 7.66. The number of amides is 1. The summed E-state index contributed by atoms with van der Waals surface area (Å²) in [6.07, 6.45) is -5.54. The number of hydrogen-bond donors (Lipinski definition) is 2. The van der Waals surface area contributed by atoms with Crippen LogP contribution in [-0.2, 0) is 11.0 Å². The first-order valence-electron chi connectivity index (χ1n) is 13.4. The molecule has 0 spiro atoms. The molecule has 1 saturated carbocycles. The van der Waals surface area contributed by atoms with Crippen LogP contribution in [0.2, 0.25) is 0 Å². The van der Waals surface area contributed by atoms with Crippen molar-refractivity contribution in [2.75, 3.05) is 13.1 Å². The van der Waals surface area contributed by atoms with Crippen LogP contribution in [-0.4, -0.2) is 63.0 Å². The highest BCUT2D eigenvalue weighted by molar-refractivity contribution is 5.94. The van der Waals surface area contributed by atoms with Crippen LogP contribution in [0.4, 0.5) is 26.3 Å². The van der Waals surface area contributed by atoms with Crippen molar-refractivity contribution in [3.8, 4) is 11.3 Å². The molecule has 2 heterocycles. The number of likely N-dealkylation sites (tertiary alicyclic amines) is 1. The van der Waals surface area contributed by atoms with Gasteiger partial charge in [-0.1, -0.05) is 37.5 Å². The van der Waals surface area contributed by atoms with Crippen molar-refractivity contribution in [1.82, 2.24) is 20.0 Å². The van der Waals surface area contributed by atoms with Crippen molar-refractivity contribution < 1.29 is 41.0 Å². The van der Waals surface area contributed by atoms with E-state index in [1.165, 1.54) is 33.8 Å². The Morgan fingerprint density at radius 3 is 2.32 bits per heavy atom. The number of carbonyl (C=O) groups excluding carboxylic acids is 1. The van der Waals surface area contributed by atoms with Crippen LogP contribution in [0.3, 0.4) is 0 Å². The minimum absolute atomic E-state index is 0. The van der Waals surface area contributed by atoms with Gasteiger partial charge < -0.3 is 10.4 Å². The molecule has 1 aromatic carbocycles. The zero-order valence-electron chi connectivity index (χ0n) is 22.2. The molecule has 2 fully saturated rings. The number of hydrogen-bond acceptors (Lipinski definition) is 4. The van der Waals surface area contributed by atoms with Crippen LogP contribution in [0.15, 0.2) is 30.3 Å². The first kappa shape index (κ1) is 32.7. The zero-order chi connectivity index (χ0) is 29.1. The van der Waals surface area contributed by atoms with Crippen LogP contribution in [0.1, 0.15) is 79.9 Å². The number of rotatable bonds is 9. The number of benzene rings is 1. The topological polar surface area (TPSA) is 87.5 Å². The fraction of sp³-hybridized carbons (Fsp3) is 0.593. The molecule has 1 aliphatic heterocycles. The average Bonchev–Trinajstić information content (AvgIpc) is 3.56. The van der Waals surface area contributed by atoms with Gasteiger partial charge in [0, 0.05) is 18.2 Å². The van der Waals surface area contributed by atoms with Crippen molar-refractivity contribution in [1.29, 1.82) is 0 Å². The Bertz CT molecular complexity index is 1200. The number of alkyl halides is 6. The van der Waals surface area contributed by atoms with E-state index < -0.39 is 48.3 Å². The highest BCUT2D eigenvalue weighted by atomic mass is 35.5. The van der Waals surface area contributed by atoms with Gasteiger partial charge in [-0.05, 0) is 50.8 Å². The summed E-state index contributed by atoms with van der Waals surface area (Å²) in [6.45, 7) is 0.148. The Morgan fingerprint density at radius 2 is 1.68 bits per heavy atom. The lowest BCUT2D eigenvalue weighted by Crippen LogP contribution is -2.50. The molecule has 0 radical (unpaired) electrons. The first-order chi connectivity index (χ1) is 18.8. The largest absolute Gasteiger partial charge is 0.481 e. The zero-order valence-corrected chi connectivity index (χ0v) is 23.0. The smallest absolute Gasteiger partial charge is 0.417 e. The second-order valence-corrected chi connectivity index (χ2v) is 10.5. The van der Waals surface area contributed by atoms with Gasteiger partial charge in [0.05, 0.1) is 23.7 Å². The summed E-state index contributed by atoms with van der Waals surface area (Å²) in [5, 5.41) is 16.3. The molecule has 2 unspecified atom stereocenters. The van der Waals surface area contributed by atoms with Crippen LogP contribution >= 0.6 is 12.4 Å². The second-order valence-electron chi connectivity index (χ2n) is 10.5. The lowest BCUT2D eigenvalue weighted by molar-refractivity contribution is -0.191. The molecule has 2 aliphatic rings. The monoisotopic (exact) mass is 610 g/mol. The molecular weight excluding hydrogens is 578 g/mol. The predicted molar refractivity (Wildman–Crippen MR) is 141 cm³/mol. The van der Waals surface area contributed by atoms with Crippen molar-refractivity contribution in [2.24, 2.45) is 0 Å². The maximum absolute atomic E-state index is 13.8. The van der Waals surface area contributed by atoms with Crippen molar-refractivity contribution in [3.05, 3.63) is 41.6 Å². The van der Waals surface area contributed by atoms with Crippen LogP contribution in [0.5, 0.6) is 0 Å². The number of carboxylic acids is 1. The summed E-state index contributed by atoms with van der Waals surface area (Å²) in [6, 6.07) is 3.46. The Kier molecular flexibility index (Phi) is 10.7. The molecular formula is C27H33ClF6N4O3. The molecule has 1 aromatic heterocycles. The normalized spacial score (nSPS) is 19.5. The van der Waals surface area contributed by atoms with E-state index in [0.29, 0.717) is 25.7 Å². The Balaban J connectivity index is 0.00000462. The van der Waals surface area contributed by atoms with Gasteiger partial charge in [0.15, 0.2) is 5.69 Å². The molecule has 2 atom stereocenters. The molecule has 4 rings (SSSR count). The number of nitrogens with one attached hydrogen (secondary N) is 1. The quantitative estimate of drug-likeness (QED) is 0.317. The van der Waals surface area contributed by atoms with E-state index >= 15 is 0 Å². The van der Waals surface area contributed by atoms with Crippen molar-refractivity contribution >= 4 is 24.3 Å². The van der Waals surface area contributed by atoms with Gasteiger partial charge in [0.25, 0.3) is 5.91 Å². The molecule has 0 bridgehead atoms. The Hall–Kier alpha value is -2.80. The lowest BCUT2D eigenvalue weighted by atomic mass is 10.00. The maximum atomic E-state index is 13.8. The van der Waals surface area contributed by atoms with Crippen LogP contribution < -0.4 is 5.32 Å². The number of piperidine rings is 1. The first-order valence-corrected chi connectivity index (χ1v) is 13.4. The molecule has 41 heavy (non-hydrogen) atoms. The Labute approximate surface area is 239 Å². The van der Waals surface area contributed by atoms with Crippen LogP contribution in [0, 0.1) is 0 Å². The van der Waals surface area contributed by atoms with Crippen LogP contribution in [0.25, 0.3) is 11.3 Å². The maximum Gasteiger partial charge on any atom is 0.417 e. The molecule has 14 heteroatoms. The lowest BCUT2D eigenvalue weighted by Gasteiger charge is -2.37. The summed E-state index contributed by atoms with van der Waals surface area (Å²) in [5.74, 6) is -2.03. The minimum atomic E-state index is -4.64. The van der Waals surface area contributed by atoms with Crippen molar-refractivity contribution in [3.63, 3.8) is 0 Å². The summed E-state index contributed by atoms with van der Waals surface area (Å²) in [7, 11) is 0.